The molecule has 0 atom stereocenters. The number of aromatic nitrogens is 2. The van der Waals surface area contributed by atoms with E-state index in [4.69, 9.17) is 9.84 Å². The van der Waals surface area contributed by atoms with Crippen molar-refractivity contribution in [1.29, 1.82) is 0 Å². The highest BCUT2D eigenvalue weighted by atomic mass is 16.5. The van der Waals surface area contributed by atoms with Crippen molar-refractivity contribution in [3.8, 4) is 0 Å². The number of carbonyl (C=O) groups is 1. The van der Waals surface area contributed by atoms with Crippen LogP contribution in [0.1, 0.15) is 24.3 Å². The number of hydrogen-bond acceptors (Lipinski definition) is 5. The SMILES string of the molecule is CC(C)OCCNc1nccc(C(=O)O)n1. The topological polar surface area (TPSA) is 84.3 Å². The van der Waals surface area contributed by atoms with Crippen LogP contribution in [0.5, 0.6) is 0 Å². The zero-order valence-corrected chi connectivity index (χ0v) is 9.30. The molecule has 1 rings (SSSR count). The summed E-state index contributed by atoms with van der Waals surface area (Å²) >= 11 is 0. The Balaban J connectivity index is 2.42. The van der Waals surface area contributed by atoms with E-state index in [0.29, 0.717) is 19.1 Å². The van der Waals surface area contributed by atoms with Crippen LogP contribution in [0.25, 0.3) is 0 Å². The van der Waals surface area contributed by atoms with E-state index in [0.717, 1.165) is 0 Å². The van der Waals surface area contributed by atoms with Gasteiger partial charge in [-0.15, -0.1) is 0 Å². The highest BCUT2D eigenvalue weighted by Gasteiger charge is 2.05. The Morgan fingerprint density at radius 1 is 1.62 bits per heavy atom. The van der Waals surface area contributed by atoms with Crippen LogP contribution < -0.4 is 5.32 Å². The first kappa shape index (κ1) is 12.4. The van der Waals surface area contributed by atoms with Gasteiger partial charge in [0.15, 0.2) is 5.69 Å². The standard InChI is InChI=1S/C10H15N3O3/c1-7(2)16-6-5-12-10-11-4-3-8(13-10)9(14)15/h3-4,7H,5-6H2,1-2H3,(H,14,15)(H,11,12,13). The van der Waals surface area contributed by atoms with Crippen LogP contribution >= 0.6 is 0 Å². The third-order valence-corrected chi connectivity index (χ3v) is 1.71. The summed E-state index contributed by atoms with van der Waals surface area (Å²) in [6.45, 7) is 4.96. The Morgan fingerprint density at radius 3 is 3.00 bits per heavy atom. The Bertz CT molecular complexity index is 355. The number of rotatable bonds is 6. The van der Waals surface area contributed by atoms with Crippen molar-refractivity contribution < 1.29 is 14.6 Å². The van der Waals surface area contributed by atoms with Crippen LogP contribution in [-0.2, 0) is 4.74 Å². The summed E-state index contributed by atoms with van der Waals surface area (Å²) in [4.78, 5) is 18.3. The number of aromatic carboxylic acids is 1. The number of ether oxygens (including phenoxy) is 1. The van der Waals surface area contributed by atoms with Gasteiger partial charge in [-0.3, -0.25) is 0 Å². The van der Waals surface area contributed by atoms with Crippen molar-refractivity contribution >= 4 is 11.9 Å². The van der Waals surface area contributed by atoms with Gasteiger partial charge in [-0.25, -0.2) is 14.8 Å². The van der Waals surface area contributed by atoms with E-state index >= 15 is 0 Å². The number of nitrogens with one attached hydrogen (secondary N) is 1. The first-order valence-electron chi connectivity index (χ1n) is 5.01. The number of carboxylic acids is 1. The summed E-state index contributed by atoms with van der Waals surface area (Å²) in [5.41, 5.74) is -0.0257. The largest absolute Gasteiger partial charge is 0.477 e. The summed E-state index contributed by atoms with van der Waals surface area (Å²) < 4.78 is 5.31. The molecule has 0 fully saturated rings. The van der Waals surface area contributed by atoms with Crippen LogP contribution in [0.4, 0.5) is 5.95 Å². The van der Waals surface area contributed by atoms with Crippen LogP contribution in [0.3, 0.4) is 0 Å². The van der Waals surface area contributed by atoms with Gasteiger partial charge in [0.2, 0.25) is 5.95 Å². The molecule has 6 nitrogen and oxygen atoms in total. The molecule has 2 N–H and O–H groups in total. The maximum absolute atomic E-state index is 10.6. The van der Waals surface area contributed by atoms with Gasteiger partial charge >= 0.3 is 5.97 Å². The van der Waals surface area contributed by atoms with E-state index in [9.17, 15) is 4.79 Å². The van der Waals surface area contributed by atoms with Gasteiger partial charge in [0.1, 0.15) is 0 Å². The molecular weight excluding hydrogens is 210 g/mol. The number of anilines is 1. The van der Waals surface area contributed by atoms with E-state index in [1.807, 2.05) is 13.8 Å². The van der Waals surface area contributed by atoms with Gasteiger partial charge in [0, 0.05) is 12.7 Å². The Kier molecular flexibility index (Phi) is 4.65. The maximum Gasteiger partial charge on any atom is 0.354 e. The van der Waals surface area contributed by atoms with Crippen LogP contribution in [0.15, 0.2) is 12.3 Å². The lowest BCUT2D eigenvalue weighted by Gasteiger charge is -2.08. The highest BCUT2D eigenvalue weighted by molar-refractivity contribution is 5.85. The fourth-order valence-corrected chi connectivity index (χ4v) is 1.02. The van der Waals surface area contributed by atoms with E-state index in [1.54, 1.807) is 0 Å². The molecular formula is C10H15N3O3. The number of carboxylic acid groups (broad SMARTS) is 1. The second-order valence-electron chi connectivity index (χ2n) is 3.42. The summed E-state index contributed by atoms with van der Waals surface area (Å²) in [6.07, 6.45) is 1.58. The monoisotopic (exact) mass is 225 g/mol. The molecule has 1 heterocycles. The van der Waals surface area contributed by atoms with E-state index in [-0.39, 0.29) is 11.8 Å². The quantitative estimate of drug-likeness (QED) is 0.703. The molecule has 0 saturated heterocycles. The van der Waals surface area contributed by atoms with Crippen molar-refractivity contribution in [2.45, 2.75) is 20.0 Å². The second-order valence-corrected chi connectivity index (χ2v) is 3.42. The fraction of sp³-hybridized carbons (Fsp3) is 0.500. The summed E-state index contributed by atoms with van der Waals surface area (Å²) in [5, 5.41) is 11.6. The molecule has 88 valence electrons. The molecule has 0 amide bonds. The minimum absolute atomic E-state index is 0.0257. The first-order valence-corrected chi connectivity index (χ1v) is 5.01. The van der Waals surface area contributed by atoms with Gasteiger partial charge in [-0.05, 0) is 19.9 Å². The maximum atomic E-state index is 10.6. The normalized spacial score (nSPS) is 10.4. The lowest BCUT2D eigenvalue weighted by atomic mass is 10.4. The third-order valence-electron chi connectivity index (χ3n) is 1.71. The molecule has 0 radical (unpaired) electrons. The minimum Gasteiger partial charge on any atom is -0.477 e. The molecule has 0 aliphatic heterocycles. The Morgan fingerprint density at radius 2 is 2.38 bits per heavy atom. The van der Waals surface area contributed by atoms with Crippen LogP contribution in [0.2, 0.25) is 0 Å². The summed E-state index contributed by atoms with van der Waals surface area (Å²) in [6, 6.07) is 1.35. The fourth-order valence-electron chi connectivity index (χ4n) is 1.02. The van der Waals surface area contributed by atoms with Crippen molar-refractivity contribution in [1.82, 2.24) is 9.97 Å². The Hall–Kier alpha value is -1.69. The smallest absolute Gasteiger partial charge is 0.354 e. The number of hydrogen-bond donors (Lipinski definition) is 2. The molecule has 0 aliphatic carbocycles. The van der Waals surface area contributed by atoms with Gasteiger partial charge in [-0.1, -0.05) is 0 Å². The van der Waals surface area contributed by atoms with Crippen molar-refractivity contribution in [3.63, 3.8) is 0 Å². The molecule has 1 aromatic rings. The molecule has 0 aromatic carbocycles. The van der Waals surface area contributed by atoms with Gasteiger partial charge < -0.3 is 15.2 Å². The van der Waals surface area contributed by atoms with E-state index < -0.39 is 5.97 Å². The predicted molar refractivity (Wildman–Crippen MR) is 58.6 cm³/mol. The molecule has 0 unspecified atom stereocenters. The summed E-state index contributed by atoms with van der Waals surface area (Å²) in [5.74, 6) is -0.767. The van der Waals surface area contributed by atoms with Crippen molar-refractivity contribution in [2.24, 2.45) is 0 Å². The molecule has 0 saturated carbocycles. The van der Waals surface area contributed by atoms with E-state index in [1.165, 1.54) is 12.3 Å². The predicted octanol–water partition coefficient (Wildman–Crippen LogP) is 1.01. The van der Waals surface area contributed by atoms with Crippen LogP contribution in [-0.4, -0.2) is 40.3 Å². The van der Waals surface area contributed by atoms with Gasteiger partial charge in [0.25, 0.3) is 0 Å². The highest BCUT2D eigenvalue weighted by Crippen LogP contribution is 2.00. The van der Waals surface area contributed by atoms with Crippen molar-refractivity contribution in [2.75, 3.05) is 18.5 Å². The lowest BCUT2D eigenvalue weighted by Crippen LogP contribution is -2.15. The van der Waals surface area contributed by atoms with Crippen LogP contribution in [0, 0.1) is 0 Å². The molecule has 1 aromatic heterocycles. The average molecular weight is 225 g/mol. The average Bonchev–Trinajstić information content (AvgIpc) is 2.24. The molecule has 0 bridgehead atoms. The molecule has 0 aliphatic rings. The molecule has 16 heavy (non-hydrogen) atoms. The first-order chi connectivity index (χ1) is 7.59. The Labute approximate surface area is 93.7 Å². The molecule has 6 heteroatoms. The van der Waals surface area contributed by atoms with Gasteiger partial charge in [-0.2, -0.15) is 0 Å². The van der Waals surface area contributed by atoms with Crippen molar-refractivity contribution in [3.05, 3.63) is 18.0 Å². The second kappa shape index (κ2) is 6.02. The zero-order chi connectivity index (χ0) is 12.0. The van der Waals surface area contributed by atoms with Gasteiger partial charge in [0.05, 0.1) is 12.7 Å². The van der Waals surface area contributed by atoms with E-state index in [2.05, 4.69) is 15.3 Å². The third kappa shape index (κ3) is 4.22. The zero-order valence-electron chi connectivity index (χ0n) is 9.30. The lowest BCUT2D eigenvalue weighted by molar-refractivity contribution is 0.0690. The minimum atomic E-state index is -1.07. The number of nitrogens with zero attached hydrogens (tertiary/aromatic N) is 2. The summed E-state index contributed by atoms with van der Waals surface area (Å²) in [7, 11) is 0. The molecule has 0 spiro atoms.